The van der Waals surface area contributed by atoms with Crippen LogP contribution in [0.2, 0.25) is 0 Å². The molecule has 3 rings (SSSR count). The van der Waals surface area contributed by atoms with Crippen molar-refractivity contribution >= 4 is 5.97 Å². The zero-order valence-corrected chi connectivity index (χ0v) is 13.6. The van der Waals surface area contributed by atoms with Crippen LogP contribution >= 0.6 is 0 Å². The van der Waals surface area contributed by atoms with Gasteiger partial charge >= 0.3 is 5.97 Å². The Morgan fingerprint density at radius 1 is 1.17 bits per heavy atom. The number of hydrogen-bond acceptors (Lipinski definition) is 2. The van der Waals surface area contributed by atoms with E-state index >= 15 is 0 Å². The molecular weight excluding hydrogens is 310 g/mol. The molecule has 4 heteroatoms. The van der Waals surface area contributed by atoms with Crippen molar-refractivity contribution in [3.05, 3.63) is 70.8 Å². The number of carbonyl (C=O) groups excluding carboxylic acids is 1. The molecule has 2 nitrogen and oxygen atoms in total. The maximum Gasteiger partial charge on any atom is 0.306 e. The van der Waals surface area contributed by atoms with E-state index < -0.39 is 11.6 Å². The van der Waals surface area contributed by atoms with Gasteiger partial charge in [-0.25, -0.2) is 8.78 Å². The van der Waals surface area contributed by atoms with Crippen LogP contribution in [0.1, 0.15) is 42.4 Å². The maximum absolute atomic E-state index is 14.4. The zero-order chi connectivity index (χ0) is 17.1. The molecule has 1 aliphatic carbocycles. The predicted molar refractivity (Wildman–Crippen MR) is 87.7 cm³/mol. The highest BCUT2D eigenvalue weighted by atomic mass is 19.1. The summed E-state index contributed by atoms with van der Waals surface area (Å²) in [6.07, 6.45) is 1.32. The molecular formula is C20H20F2O2. The molecule has 0 radical (unpaired) electrons. The summed E-state index contributed by atoms with van der Waals surface area (Å²) in [5, 5.41) is 0. The van der Waals surface area contributed by atoms with Gasteiger partial charge in [0.1, 0.15) is 11.6 Å². The fraction of sp³-hybridized carbons (Fsp3) is 0.350. The predicted octanol–water partition coefficient (Wildman–Crippen LogP) is 4.61. The van der Waals surface area contributed by atoms with Crippen LogP contribution in [0.3, 0.4) is 0 Å². The molecule has 0 heterocycles. The molecule has 1 aliphatic rings. The molecule has 2 aromatic rings. The van der Waals surface area contributed by atoms with Gasteiger partial charge in [0.05, 0.1) is 6.61 Å². The Kier molecular flexibility index (Phi) is 4.93. The Bertz CT molecular complexity index is 705. The van der Waals surface area contributed by atoms with Gasteiger partial charge in [0, 0.05) is 18.4 Å². The molecule has 0 saturated heterocycles. The molecule has 126 valence electrons. The van der Waals surface area contributed by atoms with E-state index in [-0.39, 0.29) is 29.8 Å². The molecule has 24 heavy (non-hydrogen) atoms. The molecule has 2 unspecified atom stereocenters. The molecule has 1 saturated carbocycles. The lowest BCUT2D eigenvalue weighted by Crippen LogP contribution is -2.05. The summed E-state index contributed by atoms with van der Waals surface area (Å²) in [5.41, 5.74) is 1.60. The molecule has 0 bridgehead atoms. The molecule has 1 fully saturated rings. The summed E-state index contributed by atoms with van der Waals surface area (Å²) >= 11 is 0. The second-order valence-electron chi connectivity index (χ2n) is 6.24. The van der Waals surface area contributed by atoms with Crippen molar-refractivity contribution in [1.29, 1.82) is 0 Å². The minimum Gasteiger partial charge on any atom is -0.466 e. The van der Waals surface area contributed by atoms with E-state index in [1.807, 2.05) is 30.3 Å². The van der Waals surface area contributed by atoms with Gasteiger partial charge in [-0.1, -0.05) is 30.3 Å². The summed E-state index contributed by atoms with van der Waals surface area (Å²) in [5.74, 6) is -1.11. The summed E-state index contributed by atoms with van der Waals surface area (Å²) in [7, 11) is 0. The van der Waals surface area contributed by atoms with Crippen LogP contribution in [0.5, 0.6) is 0 Å². The SMILES string of the molecule is CCOC(=O)CC1CC1c1cc(F)c(Cc2ccccc2)c(F)c1. The lowest BCUT2D eigenvalue weighted by molar-refractivity contribution is -0.143. The highest BCUT2D eigenvalue weighted by Gasteiger charge is 2.40. The molecule has 0 amide bonds. The lowest BCUT2D eigenvalue weighted by atomic mass is 9.99. The minimum absolute atomic E-state index is 0.0455. The largest absolute Gasteiger partial charge is 0.466 e. The van der Waals surface area contributed by atoms with Gasteiger partial charge in [-0.15, -0.1) is 0 Å². The number of esters is 1. The first-order valence-electron chi connectivity index (χ1n) is 8.25. The van der Waals surface area contributed by atoms with Crippen LogP contribution in [0.25, 0.3) is 0 Å². The Balaban J connectivity index is 1.71. The van der Waals surface area contributed by atoms with Crippen molar-refractivity contribution in [2.45, 2.75) is 32.1 Å². The average Bonchev–Trinajstić information content (AvgIpc) is 3.31. The fourth-order valence-corrected chi connectivity index (χ4v) is 3.12. The van der Waals surface area contributed by atoms with E-state index in [9.17, 15) is 13.6 Å². The van der Waals surface area contributed by atoms with E-state index in [1.165, 1.54) is 12.1 Å². The zero-order valence-electron chi connectivity index (χ0n) is 13.6. The summed E-state index contributed by atoms with van der Waals surface area (Å²) in [6, 6.07) is 12.1. The minimum atomic E-state index is -0.518. The Labute approximate surface area is 140 Å². The molecule has 2 aromatic carbocycles. The van der Waals surface area contributed by atoms with E-state index in [1.54, 1.807) is 6.92 Å². The van der Waals surface area contributed by atoms with Gasteiger partial charge in [-0.2, -0.15) is 0 Å². The molecule has 0 N–H and O–H groups in total. The summed E-state index contributed by atoms with van der Waals surface area (Å²) in [4.78, 5) is 11.5. The van der Waals surface area contributed by atoms with E-state index in [2.05, 4.69) is 0 Å². The third-order valence-electron chi connectivity index (χ3n) is 4.47. The van der Waals surface area contributed by atoms with Crippen LogP contribution in [0.4, 0.5) is 8.78 Å². The molecule has 0 spiro atoms. The summed E-state index contributed by atoms with van der Waals surface area (Å²) < 4.78 is 33.6. The first-order valence-corrected chi connectivity index (χ1v) is 8.25. The standard InChI is InChI=1S/C20H20F2O2/c1-2-24-20(23)12-14-9-16(14)15-10-18(21)17(19(22)11-15)8-13-6-4-3-5-7-13/h3-7,10-11,14,16H,2,8-9,12H2,1H3. The average molecular weight is 330 g/mol. The third-order valence-corrected chi connectivity index (χ3v) is 4.47. The third kappa shape index (κ3) is 3.81. The maximum atomic E-state index is 14.4. The van der Waals surface area contributed by atoms with E-state index in [0.29, 0.717) is 18.6 Å². The lowest BCUT2D eigenvalue weighted by Gasteiger charge is -2.09. The number of ether oxygens (including phenoxy) is 1. The van der Waals surface area contributed by atoms with Crippen LogP contribution in [-0.2, 0) is 16.0 Å². The van der Waals surface area contributed by atoms with Crippen molar-refractivity contribution in [2.24, 2.45) is 5.92 Å². The van der Waals surface area contributed by atoms with Gasteiger partial charge in [0.2, 0.25) is 0 Å². The molecule has 0 aromatic heterocycles. The molecule has 2 atom stereocenters. The Morgan fingerprint density at radius 3 is 2.46 bits per heavy atom. The monoisotopic (exact) mass is 330 g/mol. The highest BCUT2D eigenvalue weighted by Crippen LogP contribution is 2.50. The number of hydrogen-bond donors (Lipinski definition) is 0. The summed E-state index contributed by atoms with van der Waals surface area (Å²) in [6.45, 7) is 2.12. The number of benzene rings is 2. The van der Waals surface area contributed by atoms with Crippen molar-refractivity contribution < 1.29 is 18.3 Å². The van der Waals surface area contributed by atoms with Crippen molar-refractivity contribution in [3.8, 4) is 0 Å². The van der Waals surface area contributed by atoms with Crippen molar-refractivity contribution in [3.63, 3.8) is 0 Å². The van der Waals surface area contributed by atoms with Gasteiger partial charge in [-0.05, 0) is 48.4 Å². The van der Waals surface area contributed by atoms with Gasteiger partial charge < -0.3 is 4.74 Å². The Hall–Kier alpha value is -2.23. The van der Waals surface area contributed by atoms with Crippen LogP contribution < -0.4 is 0 Å². The van der Waals surface area contributed by atoms with Gasteiger partial charge in [0.25, 0.3) is 0 Å². The van der Waals surface area contributed by atoms with Crippen LogP contribution in [0.15, 0.2) is 42.5 Å². The van der Waals surface area contributed by atoms with Gasteiger partial charge in [0.15, 0.2) is 0 Å². The topological polar surface area (TPSA) is 26.3 Å². The normalized spacial score (nSPS) is 19.1. The number of rotatable bonds is 6. The highest BCUT2D eigenvalue weighted by molar-refractivity contribution is 5.70. The molecule has 0 aliphatic heterocycles. The van der Waals surface area contributed by atoms with Crippen molar-refractivity contribution in [1.82, 2.24) is 0 Å². The number of halogens is 2. The van der Waals surface area contributed by atoms with Crippen LogP contribution in [-0.4, -0.2) is 12.6 Å². The first kappa shape index (κ1) is 16.6. The van der Waals surface area contributed by atoms with Crippen molar-refractivity contribution in [2.75, 3.05) is 6.61 Å². The number of carbonyl (C=O) groups is 1. The first-order chi connectivity index (χ1) is 11.6. The van der Waals surface area contributed by atoms with E-state index in [4.69, 9.17) is 4.74 Å². The second kappa shape index (κ2) is 7.12. The smallest absolute Gasteiger partial charge is 0.306 e. The Morgan fingerprint density at radius 2 is 1.83 bits per heavy atom. The fourth-order valence-electron chi connectivity index (χ4n) is 3.12. The quantitative estimate of drug-likeness (QED) is 0.723. The van der Waals surface area contributed by atoms with Crippen LogP contribution in [0, 0.1) is 17.6 Å². The van der Waals surface area contributed by atoms with E-state index in [0.717, 1.165) is 12.0 Å². The van der Waals surface area contributed by atoms with Gasteiger partial charge in [-0.3, -0.25) is 4.79 Å². The second-order valence-corrected chi connectivity index (χ2v) is 6.24.